The standard InChI is InChI=1S/C19H25N3O2S/c1-13(2)15-4-6-16(7-5-15)21-19(23)18-14(3)20-17(25-18)12-22-8-10-24-11-9-22/h4-7,13H,8-12H2,1-3H3,(H,21,23). The van der Waals surface area contributed by atoms with Gasteiger partial charge in [0, 0.05) is 18.8 Å². The summed E-state index contributed by atoms with van der Waals surface area (Å²) in [6, 6.07) is 8.03. The maximum absolute atomic E-state index is 12.6. The molecule has 0 saturated carbocycles. The molecule has 5 nitrogen and oxygen atoms in total. The van der Waals surface area contributed by atoms with E-state index in [1.807, 2.05) is 19.1 Å². The van der Waals surface area contributed by atoms with Gasteiger partial charge < -0.3 is 10.1 Å². The fourth-order valence-corrected chi connectivity index (χ4v) is 3.82. The van der Waals surface area contributed by atoms with Crippen molar-refractivity contribution >= 4 is 22.9 Å². The van der Waals surface area contributed by atoms with Gasteiger partial charge in [0.25, 0.3) is 5.91 Å². The molecule has 3 rings (SSSR count). The number of benzene rings is 1. The van der Waals surface area contributed by atoms with E-state index in [1.165, 1.54) is 16.9 Å². The number of aryl methyl sites for hydroxylation is 1. The van der Waals surface area contributed by atoms with Crippen molar-refractivity contribution in [3.8, 4) is 0 Å². The number of anilines is 1. The van der Waals surface area contributed by atoms with Crippen LogP contribution in [0.3, 0.4) is 0 Å². The van der Waals surface area contributed by atoms with Gasteiger partial charge in [-0.3, -0.25) is 9.69 Å². The van der Waals surface area contributed by atoms with E-state index in [0.29, 0.717) is 10.8 Å². The lowest BCUT2D eigenvalue weighted by Crippen LogP contribution is -2.35. The summed E-state index contributed by atoms with van der Waals surface area (Å²) >= 11 is 1.48. The third-order valence-electron chi connectivity index (χ3n) is 4.34. The van der Waals surface area contributed by atoms with Crippen LogP contribution < -0.4 is 5.32 Å². The van der Waals surface area contributed by atoms with Crippen LogP contribution in [0.15, 0.2) is 24.3 Å². The number of aromatic nitrogens is 1. The molecule has 2 aromatic rings. The number of hydrogen-bond acceptors (Lipinski definition) is 5. The summed E-state index contributed by atoms with van der Waals surface area (Å²) in [5.41, 5.74) is 2.88. The minimum Gasteiger partial charge on any atom is -0.379 e. The van der Waals surface area contributed by atoms with E-state index < -0.39 is 0 Å². The average Bonchev–Trinajstić information content (AvgIpc) is 2.96. The molecule has 2 heterocycles. The fraction of sp³-hybridized carbons (Fsp3) is 0.474. The van der Waals surface area contributed by atoms with Crippen LogP contribution in [-0.2, 0) is 11.3 Å². The monoisotopic (exact) mass is 359 g/mol. The van der Waals surface area contributed by atoms with Crippen LogP contribution in [-0.4, -0.2) is 42.1 Å². The number of ether oxygens (including phenoxy) is 1. The fourth-order valence-electron chi connectivity index (χ4n) is 2.82. The molecule has 1 amide bonds. The van der Waals surface area contributed by atoms with E-state index in [9.17, 15) is 4.79 Å². The van der Waals surface area contributed by atoms with Crippen LogP contribution in [0.4, 0.5) is 5.69 Å². The number of nitrogens with one attached hydrogen (secondary N) is 1. The van der Waals surface area contributed by atoms with Crippen molar-refractivity contribution in [1.29, 1.82) is 0 Å². The van der Waals surface area contributed by atoms with Gasteiger partial charge in [0.2, 0.25) is 0 Å². The number of thiazole rings is 1. The summed E-state index contributed by atoms with van der Waals surface area (Å²) in [7, 11) is 0. The van der Waals surface area contributed by atoms with Crippen molar-refractivity contribution in [3.05, 3.63) is 45.4 Å². The Hall–Kier alpha value is -1.76. The first-order chi connectivity index (χ1) is 12.0. The molecule has 1 aliphatic rings. The quantitative estimate of drug-likeness (QED) is 0.885. The number of carbonyl (C=O) groups excluding carboxylic acids is 1. The molecule has 0 aliphatic carbocycles. The lowest BCUT2D eigenvalue weighted by molar-refractivity contribution is 0.0341. The van der Waals surface area contributed by atoms with Crippen LogP contribution >= 0.6 is 11.3 Å². The second kappa shape index (κ2) is 8.08. The van der Waals surface area contributed by atoms with Gasteiger partial charge in [0.15, 0.2) is 0 Å². The first kappa shape index (κ1) is 18.0. The van der Waals surface area contributed by atoms with Gasteiger partial charge in [-0.05, 0) is 30.5 Å². The first-order valence-electron chi connectivity index (χ1n) is 8.70. The highest BCUT2D eigenvalue weighted by atomic mass is 32.1. The molecule has 1 aliphatic heterocycles. The van der Waals surface area contributed by atoms with E-state index >= 15 is 0 Å². The third-order valence-corrected chi connectivity index (χ3v) is 5.49. The second-order valence-electron chi connectivity index (χ2n) is 6.64. The van der Waals surface area contributed by atoms with Gasteiger partial charge in [0.05, 0.1) is 25.5 Å². The van der Waals surface area contributed by atoms with E-state index in [1.54, 1.807) is 0 Å². The lowest BCUT2D eigenvalue weighted by Gasteiger charge is -2.25. The second-order valence-corrected chi connectivity index (χ2v) is 7.73. The van der Waals surface area contributed by atoms with E-state index in [4.69, 9.17) is 4.74 Å². The van der Waals surface area contributed by atoms with Crippen molar-refractivity contribution in [2.24, 2.45) is 0 Å². The molecule has 0 spiro atoms. The van der Waals surface area contributed by atoms with Gasteiger partial charge in [-0.15, -0.1) is 11.3 Å². The number of nitrogens with zero attached hydrogens (tertiary/aromatic N) is 2. The van der Waals surface area contributed by atoms with Gasteiger partial charge >= 0.3 is 0 Å². The molecule has 0 atom stereocenters. The van der Waals surface area contributed by atoms with Gasteiger partial charge in [-0.1, -0.05) is 26.0 Å². The van der Waals surface area contributed by atoms with Crippen LogP contribution in [0.2, 0.25) is 0 Å². The molecule has 0 radical (unpaired) electrons. The summed E-state index contributed by atoms with van der Waals surface area (Å²) in [6.07, 6.45) is 0. The molecule has 25 heavy (non-hydrogen) atoms. The van der Waals surface area contributed by atoms with Gasteiger partial charge in [-0.25, -0.2) is 4.98 Å². The zero-order valence-electron chi connectivity index (χ0n) is 15.0. The Labute approximate surface area is 153 Å². The van der Waals surface area contributed by atoms with Crippen LogP contribution in [0.1, 0.15) is 45.7 Å². The van der Waals surface area contributed by atoms with E-state index in [0.717, 1.165) is 49.2 Å². The van der Waals surface area contributed by atoms with Gasteiger partial charge in [0.1, 0.15) is 9.88 Å². The summed E-state index contributed by atoms with van der Waals surface area (Å²) in [5.74, 6) is 0.400. The number of morpholine rings is 1. The minimum atomic E-state index is -0.0828. The maximum atomic E-state index is 12.6. The number of hydrogen-bond donors (Lipinski definition) is 1. The van der Waals surface area contributed by atoms with Crippen LogP contribution in [0.25, 0.3) is 0 Å². The number of rotatable bonds is 5. The van der Waals surface area contributed by atoms with Crippen molar-refractivity contribution in [1.82, 2.24) is 9.88 Å². The van der Waals surface area contributed by atoms with Gasteiger partial charge in [-0.2, -0.15) is 0 Å². The Morgan fingerprint density at radius 3 is 2.60 bits per heavy atom. The number of carbonyl (C=O) groups is 1. The Kier molecular flexibility index (Phi) is 5.83. The Balaban J connectivity index is 1.65. The molecule has 6 heteroatoms. The average molecular weight is 359 g/mol. The summed E-state index contributed by atoms with van der Waals surface area (Å²) in [6.45, 7) is 10.4. The Morgan fingerprint density at radius 2 is 1.96 bits per heavy atom. The molecule has 1 aromatic heterocycles. The van der Waals surface area contributed by atoms with Crippen LogP contribution in [0, 0.1) is 6.92 Å². The zero-order valence-corrected chi connectivity index (χ0v) is 15.9. The van der Waals surface area contributed by atoms with E-state index in [-0.39, 0.29) is 5.91 Å². The summed E-state index contributed by atoms with van der Waals surface area (Å²) in [5, 5.41) is 3.97. The molecule has 134 valence electrons. The smallest absolute Gasteiger partial charge is 0.267 e. The highest BCUT2D eigenvalue weighted by Crippen LogP contribution is 2.22. The molecular formula is C19H25N3O2S. The molecule has 1 aromatic carbocycles. The Bertz CT molecular complexity index is 719. The predicted molar refractivity (Wildman–Crippen MR) is 101 cm³/mol. The summed E-state index contributed by atoms with van der Waals surface area (Å²) < 4.78 is 5.37. The van der Waals surface area contributed by atoms with Crippen molar-refractivity contribution in [3.63, 3.8) is 0 Å². The highest BCUT2D eigenvalue weighted by Gasteiger charge is 2.18. The largest absolute Gasteiger partial charge is 0.379 e. The SMILES string of the molecule is Cc1nc(CN2CCOCC2)sc1C(=O)Nc1ccc(C(C)C)cc1. The molecular weight excluding hydrogens is 334 g/mol. The van der Waals surface area contributed by atoms with Crippen molar-refractivity contribution < 1.29 is 9.53 Å². The molecule has 1 fully saturated rings. The molecule has 0 unspecified atom stereocenters. The normalized spacial score (nSPS) is 15.5. The zero-order chi connectivity index (χ0) is 17.8. The predicted octanol–water partition coefficient (Wildman–Crippen LogP) is 3.66. The molecule has 1 N–H and O–H groups in total. The van der Waals surface area contributed by atoms with Crippen LogP contribution in [0.5, 0.6) is 0 Å². The first-order valence-corrected chi connectivity index (χ1v) is 9.52. The van der Waals surface area contributed by atoms with Crippen molar-refractivity contribution in [2.75, 3.05) is 31.6 Å². The molecule has 1 saturated heterocycles. The minimum absolute atomic E-state index is 0.0828. The highest BCUT2D eigenvalue weighted by molar-refractivity contribution is 7.13. The topological polar surface area (TPSA) is 54.5 Å². The molecule has 0 bridgehead atoms. The lowest BCUT2D eigenvalue weighted by atomic mass is 10.0. The Morgan fingerprint density at radius 1 is 1.28 bits per heavy atom. The maximum Gasteiger partial charge on any atom is 0.267 e. The summed E-state index contributed by atoms with van der Waals surface area (Å²) in [4.78, 5) is 20.2. The third kappa shape index (κ3) is 4.66. The van der Waals surface area contributed by atoms with Crippen molar-refractivity contribution in [2.45, 2.75) is 33.2 Å². The van der Waals surface area contributed by atoms with E-state index in [2.05, 4.69) is 41.2 Å². The number of amides is 1.